The molecule has 1 atom stereocenters. The van der Waals surface area contributed by atoms with Gasteiger partial charge in [-0.2, -0.15) is 0 Å². The Balaban J connectivity index is 2.01. The number of rotatable bonds is 3. The van der Waals surface area contributed by atoms with Crippen molar-refractivity contribution in [2.24, 2.45) is 0 Å². The van der Waals surface area contributed by atoms with Gasteiger partial charge in [0.1, 0.15) is 6.10 Å². The zero-order valence-corrected chi connectivity index (χ0v) is 13.6. The van der Waals surface area contributed by atoms with Gasteiger partial charge in [0.25, 0.3) is 0 Å². The van der Waals surface area contributed by atoms with Crippen molar-refractivity contribution in [3.8, 4) is 11.1 Å². The highest BCUT2D eigenvalue weighted by molar-refractivity contribution is 6.42. The first-order chi connectivity index (χ1) is 10.6. The molecule has 1 heterocycles. The summed E-state index contributed by atoms with van der Waals surface area (Å²) in [6.45, 7) is 0. The number of H-pyrrole nitrogens is 1. The molecule has 3 aromatic rings. The summed E-state index contributed by atoms with van der Waals surface area (Å²) in [5, 5.41) is 12.2. The molecule has 0 aliphatic rings. The van der Waals surface area contributed by atoms with Gasteiger partial charge in [0.2, 0.25) is 0 Å². The van der Waals surface area contributed by atoms with Gasteiger partial charge in [-0.05, 0) is 35.4 Å². The maximum absolute atomic E-state index is 10.6. The van der Waals surface area contributed by atoms with Gasteiger partial charge in [-0.1, -0.05) is 53.0 Å². The molecule has 5 heteroatoms. The number of benzene rings is 2. The van der Waals surface area contributed by atoms with E-state index < -0.39 is 6.10 Å². The second-order valence-electron chi connectivity index (χ2n) is 4.91. The number of hydrogen-bond acceptors (Lipinski definition) is 1. The zero-order chi connectivity index (χ0) is 15.7. The third kappa shape index (κ3) is 3.01. The second kappa shape index (κ2) is 6.35. The molecule has 0 unspecified atom stereocenters. The molecule has 0 radical (unpaired) electrons. The highest BCUT2D eigenvalue weighted by Crippen LogP contribution is 2.34. The van der Waals surface area contributed by atoms with Crippen LogP contribution < -0.4 is 0 Å². The highest BCUT2D eigenvalue weighted by atomic mass is 35.5. The third-order valence-corrected chi connectivity index (χ3v) is 4.48. The molecule has 0 saturated carbocycles. The standard InChI is InChI=1S/C17H12Cl3NO/c18-12-4-1-10(2-5-12)17(22)14-9-21-8-13(14)11-3-6-15(19)16(20)7-11/h1-9,17,21-22H/t17-/m1/s1. The summed E-state index contributed by atoms with van der Waals surface area (Å²) >= 11 is 17.9. The van der Waals surface area contributed by atoms with Crippen LogP contribution in [0.5, 0.6) is 0 Å². The number of hydrogen-bond donors (Lipinski definition) is 2. The molecule has 0 aliphatic carbocycles. The molecule has 0 spiro atoms. The summed E-state index contributed by atoms with van der Waals surface area (Å²) in [6, 6.07) is 12.5. The molecule has 0 saturated heterocycles. The molecule has 0 aliphatic heterocycles. The Bertz CT molecular complexity index is 796. The van der Waals surface area contributed by atoms with Crippen molar-refractivity contribution in [2.75, 3.05) is 0 Å². The first-order valence-electron chi connectivity index (χ1n) is 6.62. The van der Waals surface area contributed by atoms with E-state index in [0.29, 0.717) is 15.1 Å². The highest BCUT2D eigenvalue weighted by Gasteiger charge is 2.17. The number of nitrogens with one attached hydrogen (secondary N) is 1. The van der Waals surface area contributed by atoms with E-state index >= 15 is 0 Å². The molecule has 0 bridgehead atoms. The topological polar surface area (TPSA) is 36.0 Å². The van der Waals surface area contributed by atoms with E-state index in [1.54, 1.807) is 42.6 Å². The predicted octanol–water partition coefficient (Wildman–Crippen LogP) is 5.72. The number of aromatic amines is 1. The molecule has 1 aromatic heterocycles. The Morgan fingerprint density at radius 3 is 2.27 bits per heavy atom. The van der Waals surface area contributed by atoms with Crippen molar-refractivity contribution < 1.29 is 5.11 Å². The van der Waals surface area contributed by atoms with Crippen molar-refractivity contribution in [1.29, 1.82) is 0 Å². The molecule has 0 amide bonds. The van der Waals surface area contributed by atoms with Gasteiger partial charge in [-0.15, -0.1) is 0 Å². The van der Waals surface area contributed by atoms with Crippen LogP contribution in [0.3, 0.4) is 0 Å². The first kappa shape index (κ1) is 15.4. The Labute approximate surface area is 143 Å². The fourth-order valence-electron chi connectivity index (χ4n) is 2.34. The van der Waals surface area contributed by atoms with E-state index in [0.717, 1.165) is 22.3 Å². The second-order valence-corrected chi connectivity index (χ2v) is 6.16. The normalized spacial score (nSPS) is 12.4. The van der Waals surface area contributed by atoms with Gasteiger partial charge in [0.15, 0.2) is 0 Å². The van der Waals surface area contributed by atoms with Crippen molar-refractivity contribution in [1.82, 2.24) is 4.98 Å². The van der Waals surface area contributed by atoms with E-state index in [4.69, 9.17) is 34.8 Å². The molecule has 112 valence electrons. The van der Waals surface area contributed by atoms with Crippen LogP contribution in [0.25, 0.3) is 11.1 Å². The maximum atomic E-state index is 10.6. The van der Waals surface area contributed by atoms with Crippen molar-refractivity contribution in [3.63, 3.8) is 0 Å². The quantitative estimate of drug-likeness (QED) is 0.621. The van der Waals surface area contributed by atoms with Crippen LogP contribution in [0.1, 0.15) is 17.2 Å². The van der Waals surface area contributed by atoms with E-state index in [2.05, 4.69) is 4.98 Å². The summed E-state index contributed by atoms with van der Waals surface area (Å²) in [4.78, 5) is 3.03. The predicted molar refractivity (Wildman–Crippen MR) is 91.8 cm³/mol. The molecular formula is C17H12Cl3NO. The maximum Gasteiger partial charge on any atom is 0.106 e. The minimum atomic E-state index is -0.757. The van der Waals surface area contributed by atoms with Gasteiger partial charge in [0.05, 0.1) is 10.0 Å². The zero-order valence-electron chi connectivity index (χ0n) is 11.4. The Morgan fingerprint density at radius 2 is 1.59 bits per heavy atom. The Hall–Kier alpha value is -1.45. The lowest BCUT2D eigenvalue weighted by atomic mass is 9.97. The van der Waals surface area contributed by atoms with Gasteiger partial charge in [-0.25, -0.2) is 0 Å². The van der Waals surface area contributed by atoms with Crippen LogP contribution in [0.2, 0.25) is 15.1 Å². The molecular weight excluding hydrogens is 341 g/mol. The van der Waals surface area contributed by atoms with Crippen LogP contribution >= 0.6 is 34.8 Å². The van der Waals surface area contributed by atoms with Crippen molar-refractivity contribution >= 4 is 34.8 Å². The molecule has 2 N–H and O–H groups in total. The minimum Gasteiger partial charge on any atom is -0.384 e. The molecule has 0 fully saturated rings. The smallest absolute Gasteiger partial charge is 0.106 e. The third-order valence-electron chi connectivity index (χ3n) is 3.49. The van der Waals surface area contributed by atoms with E-state index in [1.165, 1.54) is 0 Å². The summed E-state index contributed by atoms with van der Waals surface area (Å²) in [5.41, 5.74) is 3.30. The van der Waals surface area contributed by atoms with Crippen molar-refractivity contribution in [2.45, 2.75) is 6.10 Å². The largest absolute Gasteiger partial charge is 0.384 e. The fraction of sp³-hybridized carbons (Fsp3) is 0.0588. The fourth-order valence-corrected chi connectivity index (χ4v) is 2.76. The summed E-state index contributed by atoms with van der Waals surface area (Å²) in [6.07, 6.45) is 2.85. The summed E-state index contributed by atoms with van der Waals surface area (Å²) in [7, 11) is 0. The summed E-state index contributed by atoms with van der Waals surface area (Å²) in [5.74, 6) is 0. The van der Waals surface area contributed by atoms with E-state index in [-0.39, 0.29) is 0 Å². The first-order valence-corrected chi connectivity index (χ1v) is 7.75. The van der Waals surface area contributed by atoms with E-state index in [1.807, 2.05) is 12.3 Å². The summed E-state index contributed by atoms with van der Waals surface area (Å²) < 4.78 is 0. The average molecular weight is 353 g/mol. The lowest BCUT2D eigenvalue weighted by Gasteiger charge is -2.13. The lowest BCUT2D eigenvalue weighted by molar-refractivity contribution is 0.221. The van der Waals surface area contributed by atoms with E-state index in [9.17, 15) is 5.11 Å². The van der Waals surface area contributed by atoms with Crippen LogP contribution in [0.4, 0.5) is 0 Å². The van der Waals surface area contributed by atoms with Gasteiger partial charge in [0, 0.05) is 28.5 Å². The van der Waals surface area contributed by atoms with Gasteiger partial charge >= 0.3 is 0 Å². The lowest BCUT2D eigenvalue weighted by Crippen LogP contribution is -1.99. The minimum absolute atomic E-state index is 0.479. The van der Waals surface area contributed by atoms with Crippen molar-refractivity contribution in [3.05, 3.63) is 81.1 Å². The SMILES string of the molecule is O[C@H](c1ccc(Cl)cc1)c1c[nH]cc1-c1ccc(Cl)c(Cl)c1. The van der Waals surface area contributed by atoms with Crippen LogP contribution in [0, 0.1) is 0 Å². The average Bonchev–Trinajstić information content (AvgIpc) is 2.99. The Kier molecular flexibility index (Phi) is 4.46. The van der Waals surface area contributed by atoms with Crippen LogP contribution in [-0.4, -0.2) is 10.1 Å². The van der Waals surface area contributed by atoms with Gasteiger partial charge < -0.3 is 10.1 Å². The number of aliphatic hydroxyl groups is 1. The monoisotopic (exact) mass is 351 g/mol. The number of aliphatic hydroxyl groups excluding tert-OH is 1. The molecule has 2 aromatic carbocycles. The number of halogens is 3. The van der Waals surface area contributed by atoms with Gasteiger partial charge in [-0.3, -0.25) is 0 Å². The number of aromatic nitrogens is 1. The molecule has 3 rings (SSSR count). The van der Waals surface area contributed by atoms with Crippen LogP contribution in [-0.2, 0) is 0 Å². The molecule has 2 nitrogen and oxygen atoms in total. The molecule has 22 heavy (non-hydrogen) atoms. The Morgan fingerprint density at radius 1 is 0.864 bits per heavy atom. The van der Waals surface area contributed by atoms with Crippen LogP contribution in [0.15, 0.2) is 54.9 Å².